The van der Waals surface area contributed by atoms with Gasteiger partial charge in [0.05, 0.1) is 25.5 Å². The summed E-state index contributed by atoms with van der Waals surface area (Å²) in [5.41, 5.74) is -0.821. The van der Waals surface area contributed by atoms with Crippen molar-refractivity contribution in [3.05, 3.63) is 50.6 Å². The van der Waals surface area contributed by atoms with Crippen LogP contribution >= 0.6 is 7.60 Å². The van der Waals surface area contributed by atoms with Crippen molar-refractivity contribution in [2.24, 2.45) is 5.92 Å². The van der Waals surface area contributed by atoms with E-state index in [9.17, 15) is 24.3 Å². The maximum absolute atomic E-state index is 13.1. The molecule has 0 radical (unpaired) electrons. The number of anilines is 1. The van der Waals surface area contributed by atoms with Gasteiger partial charge in [-0.1, -0.05) is 0 Å². The summed E-state index contributed by atoms with van der Waals surface area (Å²) in [6.45, 7) is 1.21. The van der Waals surface area contributed by atoms with Gasteiger partial charge in [0.1, 0.15) is 16.1 Å². The molecular formula is C20H22N5O9P. The van der Waals surface area contributed by atoms with Crippen LogP contribution in [-0.2, 0) is 4.57 Å². The largest absolute Gasteiger partial charge is 0.480 e. The number of hydrogen-bond donors (Lipinski definition) is 2. The van der Waals surface area contributed by atoms with Crippen LogP contribution < -0.4 is 15.2 Å². The first-order chi connectivity index (χ1) is 16.6. The molecular weight excluding hydrogens is 485 g/mol. The molecule has 0 bridgehead atoms. The summed E-state index contributed by atoms with van der Waals surface area (Å²) < 4.78 is 21.9. The molecule has 1 aliphatic heterocycles. The molecule has 3 aromatic rings. The Morgan fingerprint density at radius 1 is 1.34 bits per heavy atom. The number of pyridine rings is 1. The molecule has 0 spiro atoms. The van der Waals surface area contributed by atoms with Crippen molar-refractivity contribution in [1.29, 1.82) is 0 Å². The summed E-state index contributed by atoms with van der Waals surface area (Å²) in [6, 6.07) is 3.73. The van der Waals surface area contributed by atoms with Gasteiger partial charge in [-0.2, -0.15) is 14.8 Å². The Balaban J connectivity index is 1.59. The number of aromatic nitrogens is 3. The van der Waals surface area contributed by atoms with E-state index in [1.807, 2.05) is 4.90 Å². The van der Waals surface area contributed by atoms with E-state index >= 15 is 0 Å². The second-order valence-electron chi connectivity index (χ2n) is 8.12. The van der Waals surface area contributed by atoms with Crippen LogP contribution in [0.2, 0.25) is 0 Å². The lowest BCUT2D eigenvalue weighted by Gasteiger charge is -2.33. The van der Waals surface area contributed by atoms with Crippen molar-refractivity contribution in [3.8, 4) is 5.88 Å². The van der Waals surface area contributed by atoms with E-state index in [1.165, 1.54) is 13.3 Å². The summed E-state index contributed by atoms with van der Waals surface area (Å²) in [7, 11) is -2.69. The molecule has 186 valence electrons. The first-order valence-electron chi connectivity index (χ1n) is 10.6. The number of methoxy groups -OCH3 is 1. The molecule has 0 amide bonds. The average Bonchev–Trinajstić information content (AvgIpc) is 3.32. The lowest BCUT2D eigenvalue weighted by Crippen LogP contribution is -2.35. The Morgan fingerprint density at radius 3 is 2.66 bits per heavy atom. The van der Waals surface area contributed by atoms with E-state index in [-0.39, 0.29) is 23.3 Å². The van der Waals surface area contributed by atoms with Gasteiger partial charge in [-0.25, -0.2) is 0 Å². The Bertz CT molecular complexity index is 1390. The number of piperidine rings is 1. The first-order valence-corrected chi connectivity index (χ1v) is 12.4. The van der Waals surface area contributed by atoms with Gasteiger partial charge in [0.15, 0.2) is 0 Å². The molecule has 35 heavy (non-hydrogen) atoms. The van der Waals surface area contributed by atoms with Crippen molar-refractivity contribution in [3.63, 3.8) is 0 Å². The number of rotatable bonds is 7. The van der Waals surface area contributed by atoms with Crippen LogP contribution in [0.25, 0.3) is 10.8 Å². The number of nitrogens with zero attached hydrogens (tertiary/aromatic N) is 5. The molecule has 4 heterocycles. The fourth-order valence-electron chi connectivity index (χ4n) is 4.02. The third kappa shape index (κ3) is 5.24. The highest BCUT2D eigenvalue weighted by molar-refractivity contribution is 7.51. The molecule has 0 unspecified atom stereocenters. The molecule has 14 nitrogen and oxygen atoms in total. The van der Waals surface area contributed by atoms with Crippen molar-refractivity contribution < 1.29 is 33.2 Å². The quantitative estimate of drug-likeness (QED) is 0.268. The van der Waals surface area contributed by atoms with E-state index in [0.717, 1.165) is 25.0 Å². The van der Waals surface area contributed by atoms with Gasteiger partial charge < -0.3 is 23.8 Å². The highest BCUT2D eigenvalue weighted by Gasteiger charge is 2.26. The average molecular weight is 507 g/mol. The van der Waals surface area contributed by atoms with Crippen LogP contribution in [0.15, 0.2) is 33.6 Å². The van der Waals surface area contributed by atoms with Crippen LogP contribution in [0.5, 0.6) is 5.88 Å². The van der Waals surface area contributed by atoms with Crippen LogP contribution in [0.3, 0.4) is 0 Å². The maximum atomic E-state index is 13.1. The monoisotopic (exact) mass is 507 g/mol. The smallest absolute Gasteiger partial charge is 0.433 e. The van der Waals surface area contributed by atoms with Crippen LogP contribution in [-0.4, -0.2) is 61.7 Å². The molecule has 3 aromatic heterocycles. The summed E-state index contributed by atoms with van der Waals surface area (Å²) in [5.74, 6) is -1.32. The Labute approximate surface area is 197 Å². The van der Waals surface area contributed by atoms with Crippen LogP contribution in [0.1, 0.15) is 29.8 Å². The number of ether oxygens (including phenoxy) is 1. The van der Waals surface area contributed by atoms with E-state index < -0.39 is 35.6 Å². The highest BCUT2D eigenvalue weighted by atomic mass is 31.2. The van der Waals surface area contributed by atoms with E-state index in [2.05, 4.69) is 10.1 Å². The summed E-state index contributed by atoms with van der Waals surface area (Å²) in [4.78, 5) is 60.3. The number of carbonyl (C=O) groups excluding carboxylic acids is 1. The Hall–Kier alpha value is -3.61. The van der Waals surface area contributed by atoms with Crippen molar-refractivity contribution in [1.82, 2.24) is 14.8 Å². The van der Waals surface area contributed by atoms with Crippen molar-refractivity contribution in [2.45, 2.75) is 19.3 Å². The molecule has 0 saturated carbocycles. The summed E-state index contributed by atoms with van der Waals surface area (Å²) >= 11 is 0. The van der Waals surface area contributed by atoms with Crippen molar-refractivity contribution in [2.75, 3.05) is 31.3 Å². The normalized spacial score (nSPS) is 14.9. The van der Waals surface area contributed by atoms with Gasteiger partial charge in [-0.3, -0.25) is 24.3 Å². The van der Waals surface area contributed by atoms with Crippen LogP contribution in [0.4, 0.5) is 11.7 Å². The van der Waals surface area contributed by atoms with E-state index in [4.69, 9.17) is 18.9 Å². The van der Waals surface area contributed by atoms with Gasteiger partial charge in [-0.15, -0.1) is 0 Å². The second-order valence-corrected chi connectivity index (χ2v) is 9.90. The molecule has 4 rings (SSSR count). The standard InChI is InChI=1S/C20H22N5O9P/c1-33-18-17-13(10-15(22-18)23-7-4-12(5-8-23)6-9-35(30,31)32)11-21-24(20(17)27)19(26)14-2-3-16(34-14)25(28)29/h2-3,10-12H,4-9H2,1H3,(H2,30,31,32). The minimum atomic E-state index is -4.02. The lowest BCUT2D eigenvalue weighted by atomic mass is 9.94. The molecule has 0 atom stereocenters. The zero-order valence-electron chi connectivity index (χ0n) is 18.6. The van der Waals surface area contributed by atoms with Gasteiger partial charge >= 0.3 is 19.4 Å². The molecule has 0 aliphatic carbocycles. The number of carbonyl (C=O) groups is 1. The van der Waals surface area contributed by atoms with Gasteiger partial charge in [0.2, 0.25) is 11.6 Å². The van der Waals surface area contributed by atoms with Gasteiger partial charge in [0.25, 0.3) is 5.56 Å². The number of fused-ring (bicyclic) bond motifs is 1. The minimum Gasteiger partial charge on any atom is -0.480 e. The topological polar surface area (TPSA) is 191 Å². The number of furan rings is 1. The van der Waals surface area contributed by atoms with Gasteiger partial charge in [0, 0.05) is 18.5 Å². The Morgan fingerprint density at radius 2 is 2.06 bits per heavy atom. The summed E-state index contributed by atoms with van der Waals surface area (Å²) in [6.07, 6.45) is 3.06. The van der Waals surface area contributed by atoms with E-state index in [0.29, 0.717) is 35.4 Å². The van der Waals surface area contributed by atoms with Crippen LogP contribution in [0, 0.1) is 16.0 Å². The van der Waals surface area contributed by atoms with Crippen molar-refractivity contribution >= 4 is 36.0 Å². The lowest BCUT2D eigenvalue weighted by molar-refractivity contribution is -0.402. The SMILES string of the molecule is COc1nc(N2CCC(CCP(=O)(O)O)CC2)cc2cnn(C(=O)c3ccc([N+](=O)[O-])o3)c(=O)c12. The molecule has 15 heteroatoms. The van der Waals surface area contributed by atoms with E-state index in [1.54, 1.807) is 6.07 Å². The highest BCUT2D eigenvalue weighted by Crippen LogP contribution is 2.38. The third-order valence-electron chi connectivity index (χ3n) is 5.86. The fraction of sp³-hybridized carbons (Fsp3) is 0.400. The number of nitro groups is 1. The fourth-order valence-corrected chi connectivity index (χ4v) is 4.72. The van der Waals surface area contributed by atoms with Gasteiger partial charge in [-0.05, 0) is 37.3 Å². The first kappa shape index (κ1) is 24.5. The zero-order chi connectivity index (χ0) is 25.3. The Kier molecular flexibility index (Phi) is 6.70. The predicted octanol–water partition coefficient (Wildman–Crippen LogP) is 1.77. The third-order valence-corrected chi connectivity index (χ3v) is 6.70. The molecule has 2 N–H and O–H groups in total. The predicted molar refractivity (Wildman–Crippen MR) is 122 cm³/mol. The molecule has 0 aromatic carbocycles. The maximum Gasteiger partial charge on any atom is 0.433 e. The zero-order valence-corrected chi connectivity index (χ0v) is 19.5. The molecule has 1 aliphatic rings. The minimum absolute atomic E-state index is 0.0113. The molecule has 1 fully saturated rings. The molecule has 1 saturated heterocycles. The summed E-state index contributed by atoms with van der Waals surface area (Å²) in [5, 5.41) is 15.1. The number of hydrogen-bond acceptors (Lipinski definition) is 10. The second kappa shape index (κ2) is 9.56.